The summed E-state index contributed by atoms with van der Waals surface area (Å²) in [6.07, 6.45) is 1.44. The Morgan fingerprint density at radius 2 is 1.91 bits per heavy atom. The minimum Gasteiger partial charge on any atom is -0.459 e. The van der Waals surface area contributed by atoms with Crippen LogP contribution in [0.5, 0.6) is 0 Å². The molecule has 0 saturated carbocycles. The zero-order chi connectivity index (χ0) is 16.3. The SMILES string of the molecule is CC(C)(C)OC(=O)Cn1c(-c2ccccc2)ncc(Br)c1=O. The van der Waals surface area contributed by atoms with Crippen molar-refractivity contribution >= 4 is 21.9 Å². The van der Waals surface area contributed by atoms with Crippen molar-refractivity contribution in [3.8, 4) is 11.4 Å². The molecular formula is C16H17BrN2O3. The van der Waals surface area contributed by atoms with Gasteiger partial charge in [-0.1, -0.05) is 30.3 Å². The molecule has 0 radical (unpaired) electrons. The average Bonchev–Trinajstić information content (AvgIpc) is 2.43. The second-order valence-corrected chi connectivity index (χ2v) is 6.63. The first-order valence-corrected chi connectivity index (χ1v) is 7.60. The summed E-state index contributed by atoms with van der Waals surface area (Å²) in [7, 11) is 0. The largest absolute Gasteiger partial charge is 0.459 e. The van der Waals surface area contributed by atoms with Crippen LogP contribution in [0.2, 0.25) is 0 Å². The Labute approximate surface area is 137 Å². The molecule has 0 fully saturated rings. The van der Waals surface area contributed by atoms with E-state index in [9.17, 15) is 9.59 Å². The van der Waals surface area contributed by atoms with Crippen molar-refractivity contribution in [1.29, 1.82) is 0 Å². The van der Waals surface area contributed by atoms with Gasteiger partial charge in [-0.25, -0.2) is 4.98 Å². The molecule has 0 unspecified atom stereocenters. The first-order chi connectivity index (χ1) is 10.3. The van der Waals surface area contributed by atoms with E-state index >= 15 is 0 Å². The van der Waals surface area contributed by atoms with Crippen molar-refractivity contribution in [1.82, 2.24) is 9.55 Å². The molecule has 0 atom stereocenters. The standard InChI is InChI=1S/C16H17BrN2O3/c1-16(2,3)22-13(20)10-19-14(11-7-5-4-6-8-11)18-9-12(17)15(19)21/h4-9H,10H2,1-3H3. The fraction of sp³-hybridized carbons (Fsp3) is 0.312. The van der Waals surface area contributed by atoms with E-state index in [4.69, 9.17) is 4.74 Å². The average molecular weight is 365 g/mol. The third-order valence-corrected chi connectivity index (χ3v) is 3.29. The molecule has 1 heterocycles. The molecule has 0 aliphatic heterocycles. The maximum absolute atomic E-state index is 12.3. The molecule has 1 aromatic heterocycles. The van der Waals surface area contributed by atoms with E-state index in [0.717, 1.165) is 5.56 Å². The zero-order valence-electron chi connectivity index (χ0n) is 12.7. The summed E-state index contributed by atoms with van der Waals surface area (Å²) in [4.78, 5) is 28.6. The van der Waals surface area contributed by atoms with E-state index < -0.39 is 11.6 Å². The van der Waals surface area contributed by atoms with Crippen LogP contribution in [-0.2, 0) is 16.1 Å². The monoisotopic (exact) mass is 364 g/mol. The Morgan fingerprint density at radius 1 is 1.27 bits per heavy atom. The van der Waals surface area contributed by atoms with Crippen molar-refractivity contribution in [3.05, 3.63) is 51.4 Å². The Morgan fingerprint density at radius 3 is 2.50 bits per heavy atom. The predicted molar refractivity (Wildman–Crippen MR) is 87.5 cm³/mol. The normalized spacial score (nSPS) is 11.3. The number of carbonyl (C=O) groups excluding carboxylic acids is 1. The van der Waals surface area contributed by atoms with Gasteiger partial charge >= 0.3 is 5.97 Å². The number of hydrogen-bond donors (Lipinski definition) is 0. The molecule has 0 bridgehead atoms. The van der Waals surface area contributed by atoms with Crippen LogP contribution in [0.3, 0.4) is 0 Å². The molecule has 0 saturated heterocycles. The van der Waals surface area contributed by atoms with Gasteiger partial charge in [0.25, 0.3) is 5.56 Å². The van der Waals surface area contributed by atoms with Crippen LogP contribution in [-0.4, -0.2) is 21.1 Å². The van der Waals surface area contributed by atoms with Crippen molar-refractivity contribution < 1.29 is 9.53 Å². The van der Waals surface area contributed by atoms with Gasteiger partial charge in [-0.15, -0.1) is 0 Å². The van der Waals surface area contributed by atoms with Gasteiger partial charge in [0, 0.05) is 11.8 Å². The van der Waals surface area contributed by atoms with Gasteiger partial charge in [-0.2, -0.15) is 0 Å². The van der Waals surface area contributed by atoms with E-state index in [-0.39, 0.29) is 12.1 Å². The number of carbonyl (C=O) groups is 1. The topological polar surface area (TPSA) is 61.2 Å². The lowest BCUT2D eigenvalue weighted by Gasteiger charge is -2.20. The predicted octanol–water partition coefficient (Wildman–Crippen LogP) is 3.01. The number of rotatable bonds is 3. The third kappa shape index (κ3) is 4.04. The first-order valence-electron chi connectivity index (χ1n) is 6.80. The molecular weight excluding hydrogens is 348 g/mol. The fourth-order valence-corrected chi connectivity index (χ4v) is 2.25. The van der Waals surface area contributed by atoms with Crippen LogP contribution in [0.1, 0.15) is 20.8 Å². The van der Waals surface area contributed by atoms with E-state index in [1.54, 1.807) is 20.8 Å². The lowest BCUT2D eigenvalue weighted by atomic mass is 10.2. The quantitative estimate of drug-likeness (QED) is 0.785. The summed E-state index contributed by atoms with van der Waals surface area (Å²) in [5, 5.41) is 0. The van der Waals surface area contributed by atoms with Gasteiger partial charge in [0.05, 0.1) is 0 Å². The summed E-state index contributed by atoms with van der Waals surface area (Å²) in [5.74, 6) is -0.0497. The highest BCUT2D eigenvalue weighted by Crippen LogP contribution is 2.17. The molecule has 0 aliphatic carbocycles. The Balaban J connectivity index is 2.43. The van der Waals surface area contributed by atoms with Crippen molar-refractivity contribution in [3.63, 3.8) is 0 Å². The molecule has 0 spiro atoms. The van der Waals surface area contributed by atoms with E-state index in [1.807, 2.05) is 30.3 Å². The molecule has 0 aliphatic rings. The molecule has 2 rings (SSSR count). The third-order valence-electron chi connectivity index (χ3n) is 2.74. The Bertz CT molecular complexity index is 733. The summed E-state index contributed by atoms with van der Waals surface area (Å²) >= 11 is 3.16. The molecule has 6 heteroatoms. The highest BCUT2D eigenvalue weighted by molar-refractivity contribution is 9.10. The summed E-state index contributed by atoms with van der Waals surface area (Å²) in [6.45, 7) is 5.16. The molecule has 22 heavy (non-hydrogen) atoms. The van der Waals surface area contributed by atoms with Gasteiger partial charge in [-0.05, 0) is 36.7 Å². The number of halogens is 1. The van der Waals surface area contributed by atoms with Gasteiger partial charge in [-0.3, -0.25) is 14.2 Å². The maximum Gasteiger partial charge on any atom is 0.326 e. The highest BCUT2D eigenvalue weighted by Gasteiger charge is 2.19. The molecule has 2 aromatic rings. The van der Waals surface area contributed by atoms with Crippen LogP contribution < -0.4 is 5.56 Å². The van der Waals surface area contributed by atoms with Gasteiger partial charge in [0.1, 0.15) is 22.4 Å². The Kier molecular flexibility index (Phi) is 4.81. The molecule has 116 valence electrons. The van der Waals surface area contributed by atoms with Crippen molar-refractivity contribution in [2.75, 3.05) is 0 Å². The number of aromatic nitrogens is 2. The van der Waals surface area contributed by atoms with Crippen LogP contribution in [0.15, 0.2) is 45.8 Å². The molecule has 0 amide bonds. The number of ether oxygens (including phenoxy) is 1. The maximum atomic E-state index is 12.3. The summed E-state index contributed by atoms with van der Waals surface area (Å²) < 4.78 is 6.90. The smallest absolute Gasteiger partial charge is 0.326 e. The summed E-state index contributed by atoms with van der Waals surface area (Å²) in [6, 6.07) is 9.24. The van der Waals surface area contributed by atoms with Crippen LogP contribution in [0.25, 0.3) is 11.4 Å². The minimum atomic E-state index is -0.604. The highest BCUT2D eigenvalue weighted by atomic mass is 79.9. The number of nitrogens with zero attached hydrogens (tertiary/aromatic N) is 2. The van der Waals surface area contributed by atoms with Crippen LogP contribution in [0.4, 0.5) is 0 Å². The van der Waals surface area contributed by atoms with Gasteiger partial charge in [0.15, 0.2) is 0 Å². The zero-order valence-corrected chi connectivity index (χ0v) is 14.3. The van der Waals surface area contributed by atoms with Crippen LogP contribution in [0, 0.1) is 0 Å². The van der Waals surface area contributed by atoms with E-state index in [1.165, 1.54) is 10.8 Å². The van der Waals surface area contributed by atoms with E-state index in [0.29, 0.717) is 10.3 Å². The molecule has 5 nitrogen and oxygen atoms in total. The lowest BCUT2D eigenvalue weighted by Crippen LogP contribution is -2.32. The first kappa shape index (κ1) is 16.4. The number of esters is 1. The van der Waals surface area contributed by atoms with Gasteiger partial charge < -0.3 is 4.74 Å². The van der Waals surface area contributed by atoms with Crippen LogP contribution >= 0.6 is 15.9 Å². The number of hydrogen-bond acceptors (Lipinski definition) is 4. The van der Waals surface area contributed by atoms with E-state index in [2.05, 4.69) is 20.9 Å². The lowest BCUT2D eigenvalue weighted by molar-refractivity contribution is -0.155. The van der Waals surface area contributed by atoms with Gasteiger partial charge in [0.2, 0.25) is 0 Å². The second kappa shape index (κ2) is 6.44. The Hall–Kier alpha value is -1.95. The second-order valence-electron chi connectivity index (χ2n) is 5.77. The summed E-state index contributed by atoms with van der Waals surface area (Å²) in [5.41, 5.74) is -0.164. The van der Waals surface area contributed by atoms with Crippen molar-refractivity contribution in [2.24, 2.45) is 0 Å². The molecule has 1 aromatic carbocycles. The molecule has 0 N–H and O–H groups in total. The number of benzene rings is 1. The van der Waals surface area contributed by atoms with Crippen molar-refractivity contribution in [2.45, 2.75) is 32.9 Å². The minimum absolute atomic E-state index is 0.188. The fourth-order valence-electron chi connectivity index (χ4n) is 1.94.